The summed E-state index contributed by atoms with van der Waals surface area (Å²) in [6.07, 6.45) is 11.0. The highest BCUT2D eigenvalue weighted by atomic mass is 32.1. The first-order chi connectivity index (χ1) is 14.1. The fraction of sp³-hybridized carbons (Fsp3) is 0.300. The summed E-state index contributed by atoms with van der Waals surface area (Å²) >= 11 is 1.55. The van der Waals surface area contributed by atoms with Crippen molar-refractivity contribution in [3.05, 3.63) is 52.0 Å². The Kier molecular flexibility index (Phi) is 5.30. The highest BCUT2D eigenvalue weighted by molar-refractivity contribution is 7.19. The summed E-state index contributed by atoms with van der Waals surface area (Å²) in [7, 11) is 1.99. The molecule has 0 aliphatic heterocycles. The molecule has 8 nitrogen and oxygen atoms in total. The Balaban J connectivity index is 1.74. The number of fused-ring (bicyclic) bond motifs is 1. The SMILES string of the molecule is Cn1c(C(NCc2cocn2)=C2CCC2)c(C=N)c2sc(CC(N)=CC=N)nc21. The third-order valence-electron chi connectivity index (χ3n) is 5.08. The van der Waals surface area contributed by atoms with E-state index in [-0.39, 0.29) is 0 Å². The molecule has 3 heterocycles. The molecule has 0 amide bonds. The first-order valence-electron chi connectivity index (χ1n) is 9.39. The Bertz CT molecular complexity index is 1110. The number of hydrogen-bond donors (Lipinski definition) is 4. The largest absolute Gasteiger partial charge is 0.451 e. The van der Waals surface area contributed by atoms with Gasteiger partial charge in [-0.25, -0.2) is 9.97 Å². The summed E-state index contributed by atoms with van der Waals surface area (Å²) in [5.74, 6) is 0. The Labute approximate surface area is 172 Å². The second kappa shape index (κ2) is 8.04. The Morgan fingerprint density at radius 1 is 1.41 bits per heavy atom. The zero-order valence-electron chi connectivity index (χ0n) is 16.2. The monoisotopic (exact) mass is 409 g/mol. The zero-order chi connectivity index (χ0) is 20.4. The van der Waals surface area contributed by atoms with Crippen LogP contribution in [-0.4, -0.2) is 27.0 Å². The van der Waals surface area contributed by atoms with E-state index < -0.39 is 0 Å². The molecule has 0 aromatic carbocycles. The molecule has 0 saturated heterocycles. The molecule has 4 rings (SSSR count). The second-order valence-corrected chi connectivity index (χ2v) is 8.06. The van der Waals surface area contributed by atoms with Crippen molar-refractivity contribution in [3.8, 4) is 0 Å². The molecule has 1 saturated carbocycles. The smallest absolute Gasteiger partial charge is 0.180 e. The van der Waals surface area contributed by atoms with Crippen molar-refractivity contribution in [2.75, 3.05) is 0 Å². The lowest BCUT2D eigenvalue weighted by atomic mass is 9.89. The number of aryl methyl sites for hydroxylation is 1. The van der Waals surface area contributed by atoms with Gasteiger partial charge in [-0.1, -0.05) is 0 Å². The van der Waals surface area contributed by atoms with Crippen LogP contribution in [0.3, 0.4) is 0 Å². The van der Waals surface area contributed by atoms with Crippen LogP contribution in [0.15, 0.2) is 34.4 Å². The molecule has 29 heavy (non-hydrogen) atoms. The van der Waals surface area contributed by atoms with Gasteiger partial charge in [0.25, 0.3) is 0 Å². The van der Waals surface area contributed by atoms with E-state index in [1.807, 2.05) is 7.05 Å². The zero-order valence-corrected chi connectivity index (χ0v) is 17.0. The van der Waals surface area contributed by atoms with E-state index in [2.05, 4.69) is 14.9 Å². The molecule has 3 aromatic rings. The van der Waals surface area contributed by atoms with E-state index >= 15 is 0 Å². The maximum atomic E-state index is 8.07. The minimum absolute atomic E-state index is 0.500. The molecule has 0 atom stereocenters. The van der Waals surface area contributed by atoms with Gasteiger partial charge in [0, 0.05) is 37.2 Å². The Hall–Kier alpha value is -3.20. The maximum Gasteiger partial charge on any atom is 0.180 e. The lowest BCUT2D eigenvalue weighted by Gasteiger charge is -2.24. The number of aromatic nitrogens is 3. The molecule has 0 radical (unpaired) electrons. The standard InChI is InChI=1S/C20H23N7OS/c1-27-18(17(12-3-2-4-12)24-9-14-10-28-11-25-14)15(8-22)19-20(27)26-16(29-19)7-13(23)5-6-21/h5-6,8,10-11,21-22,24H,2-4,7,9,23H2,1H3. The fourth-order valence-corrected chi connectivity index (χ4v) is 4.63. The molecule has 1 aliphatic carbocycles. The molecule has 0 bridgehead atoms. The van der Waals surface area contributed by atoms with Crippen LogP contribution in [0.2, 0.25) is 0 Å². The van der Waals surface area contributed by atoms with Gasteiger partial charge < -0.3 is 30.9 Å². The van der Waals surface area contributed by atoms with Gasteiger partial charge in [-0.05, 0) is 30.9 Å². The number of thiazole rings is 1. The van der Waals surface area contributed by atoms with Crippen molar-refractivity contribution in [2.45, 2.75) is 32.2 Å². The molecule has 3 aromatic heterocycles. The van der Waals surface area contributed by atoms with Crippen LogP contribution < -0.4 is 11.1 Å². The van der Waals surface area contributed by atoms with Crippen LogP contribution in [0, 0.1) is 10.8 Å². The first kappa shape index (κ1) is 19.1. The van der Waals surface area contributed by atoms with Crippen molar-refractivity contribution in [3.63, 3.8) is 0 Å². The van der Waals surface area contributed by atoms with Crippen LogP contribution in [0.25, 0.3) is 16.0 Å². The van der Waals surface area contributed by atoms with Crippen molar-refractivity contribution in [2.24, 2.45) is 12.8 Å². The highest BCUT2D eigenvalue weighted by Gasteiger charge is 2.25. The van der Waals surface area contributed by atoms with Crippen molar-refractivity contribution in [1.29, 1.82) is 10.8 Å². The fourth-order valence-electron chi connectivity index (χ4n) is 3.49. The normalized spacial score (nSPS) is 14.1. The van der Waals surface area contributed by atoms with E-state index in [0.717, 1.165) is 50.8 Å². The Morgan fingerprint density at radius 3 is 2.86 bits per heavy atom. The lowest BCUT2D eigenvalue weighted by Crippen LogP contribution is -2.20. The minimum atomic E-state index is 0.500. The molecule has 1 fully saturated rings. The van der Waals surface area contributed by atoms with Gasteiger partial charge in [-0.2, -0.15) is 0 Å². The second-order valence-electron chi connectivity index (χ2n) is 6.98. The average molecular weight is 410 g/mol. The number of rotatable bonds is 8. The van der Waals surface area contributed by atoms with Gasteiger partial charge in [0.15, 0.2) is 12.0 Å². The van der Waals surface area contributed by atoms with Crippen molar-refractivity contribution in [1.82, 2.24) is 19.9 Å². The molecule has 150 valence electrons. The number of hydrogen-bond acceptors (Lipinski definition) is 8. The lowest BCUT2D eigenvalue weighted by molar-refractivity contribution is 0.555. The summed E-state index contributed by atoms with van der Waals surface area (Å²) in [5.41, 5.74) is 12.5. The summed E-state index contributed by atoms with van der Waals surface area (Å²) in [4.78, 5) is 8.95. The van der Waals surface area contributed by atoms with Crippen LogP contribution in [0.5, 0.6) is 0 Å². The van der Waals surface area contributed by atoms with Crippen LogP contribution in [0.4, 0.5) is 0 Å². The molecule has 9 heteroatoms. The van der Waals surface area contributed by atoms with E-state index in [1.54, 1.807) is 23.7 Å². The number of nitrogens with zero attached hydrogens (tertiary/aromatic N) is 3. The minimum Gasteiger partial charge on any atom is -0.451 e. The molecule has 5 N–H and O–H groups in total. The highest BCUT2D eigenvalue weighted by Crippen LogP contribution is 2.38. The third-order valence-corrected chi connectivity index (χ3v) is 6.16. The van der Waals surface area contributed by atoms with Crippen molar-refractivity contribution < 1.29 is 4.42 Å². The third kappa shape index (κ3) is 3.61. The topological polar surface area (TPSA) is 130 Å². The van der Waals surface area contributed by atoms with Gasteiger partial charge in [-0.3, -0.25) is 0 Å². The van der Waals surface area contributed by atoms with E-state index in [9.17, 15) is 0 Å². The van der Waals surface area contributed by atoms with Crippen LogP contribution in [-0.2, 0) is 20.0 Å². The van der Waals surface area contributed by atoms with Crippen LogP contribution in [0.1, 0.15) is 41.2 Å². The van der Waals surface area contributed by atoms with Gasteiger partial charge >= 0.3 is 0 Å². The van der Waals surface area contributed by atoms with E-state index in [4.69, 9.17) is 26.0 Å². The predicted octanol–water partition coefficient (Wildman–Crippen LogP) is 3.34. The van der Waals surface area contributed by atoms with Gasteiger partial charge in [-0.15, -0.1) is 11.3 Å². The average Bonchev–Trinajstić information content (AvgIpc) is 3.35. The number of oxazole rings is 1. The van der Waals surface area contributed by atoms with Crippen LogP contribution >= 0.6 is 11.3 Å². The van der Waals surface area contributed by atoms with E-state index in [1.165, 1.54) is 30.8 Å². The summed E-state index contributed by atoms with van der Waals surface area (Å²) < 4.78 is 8.11. The van der Waals surface area contributed by atoms with Gasteiger partial charge in [0.2, 0.25) is 0 Å². The number of allylic oxidation sites excluding steroid dienone is 3. The maximum absolute atomic E-state index is 8.07. The van der Waals surface area contributed by atoms with Crippen molar-refractivity contribution >= 4 is 39.8 Å². The number of nitrogens with one attached hydrogen (secondary N) is 3. The number of nitrogens with two attached hydrogens (primary N) is 1. The quantitative estimate of drug-likeness (QED) is 0.424. The predicted molar refractivity (Wildman–Crippen MR) is 115 cm³/mol. The Morgan fingerprint density at radius 2 is 2.24 bits per heavy atom. The summed E-state index contributed by atoms with van der Waals surface area (Å²) in [6.45, 7) is 0.565. The van der Waals surface area contributed by atoms with Gasteiger partial charge in [0.1, 0.15) is 11.3 Å². The van der Waals surface area contributed by atoms with Gasteiger partial charge in [0.05, 0.1) is 28.3 Å². The molecule has 1 aliphatic rings. The molecule has 0 unspecified atom stereocenters. The summed E-state index contributed by atoms with van der Waals surface area (Å²) in [5, 5.41) is 19.6. The molecular weight excluding hydrogens is 386 g/mol. The molecule has 0 spiro atoms. The summed E-state index contributed by atoms with van der Waals surface area (Å²) in [6, 6.07) is 0. The first-order valence-corrected chi connectivity index (χ1v) is 10.2. The van der Waals surface area contributed by atoms with E-state index in [0.29, 0.717) is 18.7 Å². The molecular formula is C20H23N7OS.